The third-order valence-electron chi connectivity index (χ3n) is 3.42. The lowest BCUT2D eigenvalue weighted by Crippen LogP contribution is -2.17. The number of hydrogen-bond acceptors (Lipinski definition) is 6. The second kappa shape index (κ2) is 5.84. The van der Waals surface area contributed by atoms with E-state index in [-0.39, 0.29) is 29.0 Å². The average molecular weight is 318 g/mol. The molecule has 1 aliphatic carbocycles. The van der Waals surface area contributed by atoms with Crippen molar-refractivity contribution in [2.75, 3.05) is 12.4 Å². The number of nitrogens with zero attached hydrogens (tertiary/aromatic N) is 1. The average Bonchev–Trinajstić information content (AvgIpc) is 3.25. The number of nitrogens with one attached hydrogen (secondary N) is 1. The number of anilines is 1. The van der Waals surface area contributed by atoms with Gasteiger partial charge in [0.15, 0.2) is 0 Å². The van der Waals surface area contributed by atoms with Gasteiger partial charge in [0.2, 0.25) is 10.9 Å². The summed E-state index contributed by atoms with van der Waals surface area (Å²) in [5.41, 5.74) is 1.03. The van der Waals surface area contributed by atoms with Crippen LogP contribution in [0.1, 0.15) is 29.1 Å². The maximum absolute atomic E-state index is 11.9. The Morgan fingerprint density at radius 3 is 2.82 bits per heavy atom. The molecule has 2 aromatic rings. The summed E-state index contributed by atoms with van der Waals surface area (Å²) in [4.78, 5) is 39.4. The van der Waals surface area contributed by atoms with Crippen molar-refractivity contribution in [3.63, 3.8) is 0 Å². The molecule has 0 atom stereocenters. The van der Waals surface area contributed by atoms with Gasteiger partial charge in [-0.05, 0) is 25.0 Å². The van der Waals surface area contributed by atoms with E-state index in [1.54, 1.807) is 12.1 Å². The Balaban J connectivity index is 1.80. The van der Waals surface area contributed by atoms with E-state index in [4.69, 9.17) is 0 Å². The van der Waals surface area contributed by atoms with E-state index in [0.29, 0.717) is 11.2 Å². The predicted octanol–water partition coefficient (Wildman–Crippen LogP) is 2.39. The Labute approximate surface area is 130 Å². The van der Waals surface area contributed by atoms with Gasteiger partial charge in [0.05, 0.1) is 23.9 Å². The number of carbonyl (C=O) groups excluding carboxylic acids is 3. The number of Topliss-reactive ketones (excluding diaryl/α,β-unsaturated/α-hetero) is 1. The lowest BCUT2D eigenvalue weighted by Gasteiger charge is -2.05. The number of benzene rings is 1. The summed E-state index contributed by atoms with van der Waals surface area (Å²) in [5, 5.41) is 2.93. The summed E-state index contributed by atoms with van der Waals surface area (Å²) < 4.78 is 5.42. The molecular weight excluding hydrogens is 304 g/mol. The number of aromatic nitrogens is 1. The molecule has 1 aromatic carbocycles. The van der Waals surface area contributed by atoms with Gasteiger partial charge in [-0.3, -0.25) is 9.59 Å². The predicted molar refractivity (Wildman–Crippen MR) is 81.9 cm³/mol. The van der Waals surface area contributed by atoms with Gasteiger partial charge in [-0.2, -0.15) is 0 Å². The number of para-hydroxylation sites is 1. The molecular formula is C15H14N2O4S. The number of carbonyl (C=O) groups is 3. The number of fused-ring (bicyclic) bond motifs is 1. The number of amides is 1. The quantitative estimate of drug-likeness (QED) is 0.676. The van der Waals surface area contributed by atoms with E-state index >= 15 is 0 Å². The Morgan fingerprint density at radius 2 is 2.14 bits per heavy atom. The minimum Gasteiger partial charge on any atom is -0.464 e. The zero-order chi connectivity index (χ0) is 15.7. The van der Waals surface area contributed by atoms with Crippen molar-refractivity contribution < 1.29 is 19.1 Å². The molecule has 1 amide bonds. The summed E-state index contributed by atoms with van der Waals surface area (Å²) in [7, 11) is 1.29. The van der Waals surface area contributed by atoms with E-state index in [2.05, 4.69) is 15.0 Å². The number of hydrogen-bond donors (Lipinski definition) is 1. The monoisotopic (exact) mass is 318 g/mol. The van der Waals surface area contributed by atoms with Crippen molar-refractivity contribution in [2.45, 2.75) is 19.3 Å². The highest BCUT2D eigenvalue weighted by Gasteiger charge is 2.30. The maximum Gasteiger partial charge on any atom is 0.367 e. The van der Waals surface area contributed by atoms with Gasteiger partial charge in [0.25, 0.3) is 0 Å². The van der Waals surface area contributed by atoms with Crippen LogP contribution in [0.5, 0.6) is 0 Å². The van der Waals surface area contributed by atoms with Crippen molar-refractivity contribution in [1.29, 1.82) is 0 Å². The molecule has 1 saturated carbocycles. The zero-order valence-electron chi connectivity index (χ0n) is 11.9. The molecule has 114 valence electrons. The van der Waals surface area contributed by atoms with Gasteiger partial charge in [-0.15, -0.1) is 11.3 Å². The highest BCUT2D eigenvalue weighted by molar-refractivity contribution is 7.20. The number of methoxy groups -OCH3 is 1. The number of ketones is 1. The van der Waals surface area contributed by atoms with Crippen LogP contribution in [-0.2, 0) is 14.3 Å². The van der Waals surface area contributed by atoms with Crippen LogP contribution < -0.4 is 5.32 Å². The third-order valence-corrected chi connectivity index (χ3v) is 4.42. The molecule has 0 bridgehead atoms. The fraction of sp³-hybridized carbons (Fsp3) is 0.333. The largest absolute Gasteiger partial charge is 0.464 e. The standard InChI is InChI=1S/C15H14N2O4S/c1-21-15(20)14-17-13-9(3-2-4-11(13)22-14)16-12(19)7-10(18)8-5-6-8/h2-4,8H,5-7H2,1H3,(H,16,19). The fourth-order valence-corrected chi connectivity index (χ4v) is 3.04. The highest BCUT2D eigenvalue weighted by atomic mass is 32.1. The Bertz CT molecular complexity index is 764. The van der Waals surface area contributed by atoms with Crippen LogP contribution in [-0.4, -0.2) is 29.8 Å². The first-order chi connectivity index (χ1) is 10.6. The SMILES string of the molecule is COC(=O)c1nc2c(NC(=O)CC(=O)C3CC3)cccc2s1. The molecule has 6 nitrogen and oxygen atoms in total. The molecule has 1 heterocycles. The van der Waals surface area contributed by atoms with E-state index in [9.17, 15) is 14.4 Å². The van der Waals surface area contributed by atoms with Crippen LogP contribution in [0.4, 0.5) is 5.69 Å². The Kier molecular flexibility index (Phi) is 3.89. The molecule has 1 aliphatic rings. The number of rotatable bonds is 5. The van der Waals surface area contributed by atoms with E-state index in [1.807, 2.05) is 6.07 Å². The second-order valence-corrected chi connectivity index (χ2v) is 6.16. The van der Waals surface area contributed by atoms with Gasteiger partial charge < -0.3 is 10.1 Å². The smallest absolute Gasteiger partial charge is 0.367 e. The first-order valence-corrected chi connectivity index (χ1v) is 7.70. The van der Waals surface area contributed by atoms with Crippen molar-refractivity contribution in [3.05, 3.63) is 23.2 Å². The van der Waals surface area contributed by atoms with Crippen molar-refractivity contribution in [3.8, 4) is 0 Å². The van der Waals surface area contributed by atoms with E-state index < -0.39 is 5.97 Å². The van der Waals surface area contributed by atoms with Crippen LogP contribution in [0, 0.1) is 5.92 Å². The van der Waals surface area contributed by atoms with Gasteiger partial charge in [-0.1, -0.05) is 6.07 Å². The summed E-state index contributed by atoms with van der Waals surface area (Å²) in [6, 6.07) is 5.27. The normalized spacial score (nSPS) is 13.9. The fourth-order valence-electron chi connectivity index (χ4n) is 2.13. The molecule has 1 N–H and O–H groups in total. The van der Waals surface area contributed by atoms with Crippen molar-refractivity contribution >= 4 is 44.9 Å². The Morgan fingerprint density at radius 1 is 1.36 bits per heavy atom. The lowest BCUT2D eigenvalue weighted by molar-refractivity contribution is -0.126. The molecule has 22 heavy (non-hydrogen) atoms. The lowest BCUT2D eigenvalue weighted by atomic mass is 10.2. The van der Waals surface area contributed by atoms with Gasteiger partial charge >= 0.3 is 5.97 Å². The topological polar surface area (TPSA) is 85.4 Å². The first-order valence-electron chi connectivity index (χ1n) is 6.89. The van der Waals surface area contributed by atoms with Gasteiger partial charge in [0, 0.05) is 5.92 Å². The van der Waals surface area contributed by atoms with Crippen molar-refractivity contribution in [1.82, 2.24) is 4.98 Å². The molecule has 1 fully saturated rings. The summed E-state index contributed by atoms with van der Waals surface area (Å²) in [5.74, 6) is -0.815. The summed E-state index contributed by atoms with van der Waals surface area (Å²) in [6.07, 6.45) is 1.65. The second-order valence-electron chi connectivity index (χ2n) is 5.13. The molecule has 0 unspecified atom stereocenters. The van der Waals surface area contributed by atoms with E-state index in [0.717, 1.165) is 17.5 Å². The number of ether oxygens (including phenoxy) is 1. The van der Waals surface area contributed by atoms with Crippen LogP contribution in [0.25, 0.3) is 10.2 Å². The third kappa shape index (κ3) is 2.99. The minimum absolute atomic E-state index is 0.0156. The summed E-state index contributed by atoms with van der Waals surface area (Å²) >= 11 is 1.20. The molecule has 7 heteroatoms. The van der Waals surface area contributed by atoms with Crippen LogP contribution in [0.2, 0.25) is 0 Å². The number of esters is 1. The van der Waals surface area contributed by atoms with Crippen LogP contribution >= 0.6 is 11.3 Å². The Hall–Kier alpha value is -2.28. The maximum atomic E-state index is 11.9. The molecule has 0 aliphatic heterocycles. The molecule has 3 rings (SSSR count). The zero-order valence-corrected chi connectivity index (χ0v) is 12.7. The molecule has 0 saturated heterocycles. The van der Waals surface area contributed by atoms with E-state index in [1.165, 1.54) is 18.4 Å². The molecule has 0 radical (unpaired) electrons. The van der Waals surface area contributed by atoms with Crippen molar-refractivity contribution in [2.24, 2.45) is 5.92 Å². The summed E-state index contributed by atoms with van der Waals surface area (Å²) in [6.45, 7) is 0. The van der Waals surface area contributed by atoms with Crippen LogP contribution in [0.15, 0.2) is 18.2 Å². The minimum atomic E-state index is -0.512. The number of thiazole rings is 1. The molecule has 1 aromatic heterocycles. The molecule has 0 spiro atoms. The van der Waals surface area contributed by atoms with Gasteiger partial charge in [-0.25, -0.2) is 9.78 Å². The highest BCUT2D eigenvalue weighted by Crippen LogP contribution is 2.31. The van der Waals surface area contributed by atoms with Crippen LogP contribution in [0.3, 0.4) is 0 Å². The first kappa shape index (κ1) is 14.6. The van der Waals surface area contributed by atoms with Gasteiger partial charge in [0.1, 0.15) is 11.3 Å².